The molecule has 18 heavy (non-hydrogen) atoms. The Hall–Kier alpha value is -1.43. The SMILES string of the molecule is COc1ccc(C(Cc2nc(C)cs2)NN)cc1. The summed E-state index contributed by atoms with van der Waals surface area (Å²) in [5.74, 6) is 6.47. The Morgan fingerprint density at radius 3 is 2.61 bits per heavy atom. The van der Waals surface area contributed by atoms with Crippen molar-refractivity contribution in [2.75, 3.05) is 7.11 Å². The number of methoxy groups -OCH3 is 1. The van der Waals surface area contributed by atoms with Gasteiger partial charge in [-0.15, -0.1) is 11.3 Å². The fraction of sp³-hybridized carbons (Fsp3) is 0.308. The molecule has 0 aliphatic carbocycles. The minimum Gasteiger partial charge on any atom is -0.497 e. The average Bonchev–Trinajstić information content (AvgIpc) is 2.82. The summed E-state index contributed by atoms with van der Waals surface area (Å²) in [6, 6.07) is 7.98. The molecule has 1 atom stereocenters. The molecule has 0 radical (unpaired) electrons. The van der Waals surface area contributed by atoms with Crippen LogP contribution in [0.4, 0.5) is 0 Å². The van der Waals surface area contributed by atoms with E-state index in [0.29, 0.717) is 0 Å². The molecule has 1 unspecified atom stereocenters. The maximum Gasteiger partial charge on any atom is 0.118 e. The maximum atomic E-state index is 5.63. The van der Waals surface area contributed by atoms with Gasteiger partial charge < -0.3 is 4.74 Å². The van der Waals surface area contributed by atoms with Gasteiger partial charge in [-0.25, -0.2) is 4.98 Å². The van der Waals surface area contributed by atoms with Crippen molar-refractivity contribution in [3.63, 3.8) is 0 Å². The number of nitrogens with zero attached hydrogens (tertiary/aromatic N) is 1. The standard InChI is InChI=1S/C13H17N3OS/c1-9-8-18-13(15-9)7-12(16-14)10-3-5-11(17-2)6-4-10/h3-6,8,12,16H,7,14H2,1-2H3. The predicted molar refractivity (Wildman–Crippen MR) is 73.6 cm³/mol. The van der Waals surface area contributed by atoms with Crippen LogP contribution in [-0.2, 0) is 6.42 Å². The van der Waals surface area contributed by atoms with Crippen molar-refractivity contribution in [2.45, 2.75) is 19.4 Å². The Labute approximate surface area is 111 Å². The number of ether oxygens (including phenoxy) is 1. The second-order valence-corrected chi connectivity index (χ2v) is 5.02. The smallest absolute Gasteiger partial charge is 0.118 e. The summed E-state index contributed by atoms with van der Waals surface area (Å²) >= 11 is 1.66. The lowest BCUT2D eigenvalue weighted by Gasteiger charge is -2.15. The van der Waals surface area contributed by atoms with Gasteiger partial charge in [0, 0.05) is 17.5 Å². The van der Waals surface area contributed by atoms with Crippen molar-refractivity contribution in [3.8, 4) is 5.75 Å². The molecule has 0 amide bonds. The normalized spacial score (nSPS) is 12.4. The largest absolute Gasteiger partial charge is 0.497 e. The number of thiazole rings is 1. The van der Waals surface area contributed by atoms with Crippen molar-refractivity contribution >= 4 is 11.3 Å². The van der Waals surface area contributed by atoms with Gasteiger partial charge >= 0.3 is 0 Å². The molecule has 1 aromatic carbocycles. The molecule has 5 heteroatoms. The van der Waals surface area contributed by atoms with Crippen LogP contribution in [0.1, 0.15) is 22.3 Å². The van der Waals surface area contributed by atoms with Crippen molar-refractivity contribution in [1.82, 2.24) is 10.4 Å². The van der Waals surface area contributed by atoms with Crippen LogP contribution in [0.2, 0.25) is 0 Å². The van der Waals surface area contributed by atoms with Gasteiger partial charge in [-0.1, -0.05) is 12.1 Å². The molecule has 2 aromatic rings. The minimum atomic E-state index is 0.0708. The maximum absolute atomic E-state index is 5.63. The molecule has 0 fully saturated rings. The van der Waals surface area contributed by atoms with Gasteiger partial charge in [0.15, 0.2) is 0 Å². The summed E-state index contributed by atoms with van der Waals surface area (Å²) in [5, 5.41) is 3.14. The molecule has 1 heterocycles. The minimum absolute atomic E-state index is 0.0708. The lowest BCUT2D eigenvalue weighted by Crippen LogP contribution is -2.29. The number of aryl methyl sites for hydroxylation is 1. The van der Waals surface area contributed by atoms with Crippen molar-refractivity contribution in [1.29, 1.82) is 0 Å². The molecule has 0 aliphatic rings. The Kier molecular flexibility index (Phi) is 4.30. The van der Waals surface area contributed by atoms with E-state index in [-0.39, 0.29) is 6.04 Å². The summed E-state index contributed by atoms with van der Waals surface area (Å²) in [6.07, 6.45) is 0.793. The zero-order valence-corrected chi connectivity index (χ0v) is 11.3. The number of hydrogen-bond donors (Lipinski definition) is 2. The molecule has 3 N–H and O–H groups in total. The average molecular weight is 263 g/mol. The topological polar surface area (TPSA) is 60.2 Å². The van der Waals surface area contributed by atoms with E-state index in [1.807, 2.05) is 31.2 Å². The highest BCUT2D eigenvalue weighted by atomic mass is 32.1. The number of nitrogens with two attached hydrogens (primary N) is 1. The molecule has 4 nitrogen and oxygen atoms in total. The highest BCUT2D eigenvalue weighted by molar-refractivity contribution is 7.09. The van der Waals surface area contributed by atoms with Crippen molar-refractivity contribution < 1.29 is 4.74 Å². The lowest BCUT2D eigenvalue weighted by atomic mass is 10.0. The van der Waals surface area contributed by atoms with E-state index in [1.54, 1.807) is 18.4 Å². The summed E-state index contributed by atoms with van der Waals surface area (Å²) < 4.78 is 5.14. The van der Waals surface area contributed by atoms with Crippen molar-refractivity contribution in [2.24, 2.45) is 5.84 Å². The van der Waals surface area contributed by atoms with E-state index in [1.165, 1.54) is 0 Å². The number of hydrazine groups is 1. The van der Waals surface area contributed by atoms with Crippen LogP contribution in [-0.4, -0.2) is 12.1 Å². The first-order valence-electron chi connectivity index (χ1n) is 5.74. The predicted octanol–water partition coefficient (Wildman–Crippen LogP) is 2.21. The summed E-state index contributed by atoms with van der Waals surface area (Å²) in [4.78, 5) is 4.46. The highest BCUT2D eigenvalue weighted by Crippen LogP contribution is 2.22. The third kappa shape index (κ3) is 3.07. The van der Waals surface area contributed by atoms with Gasteiger partial charge in [-0.05, 0) is 24.6 Å². The van der Waals surface area contributed by atoms with Crippen LogP contribution in [0.25, 0.3) is 0 Å². The van der Waals surface area contributed by atoms with Crippen LogP contribution in [0.3, 0.4) is 0 Å². The number of aromatic nitrogens is 1. The van der Waals surface area contributed by atoms with Crippen LogP contribution in [0, 0.1) is 6.92 Å². The molecule has 0 saturated carbocycles. The third-order valence-electron chi connectivity index (χ3n) is 2.76. The lowest BCUT2D eigenvalue weighted by molar-refractivity contribution is 0.414. The van der Waals surface area contributed by atoms with Crippen LogP contribution < -0.4 is 16.0 Å². The number of hydrogen-bond acceptors (Lipinski definition) is 5. The molecule has 0 bridgehead atoms. The van der Waals surface area contributed by atoms with Gasteiger partial charge in [0.25, 0.3) is 0 Å². The van der Waals surface area contributed by atoms with E-state index in [2.05, 4.69) is 15.8 Å². The number of benzene rings is 1. The molecular weight excluding hydrogens is 246 g/mol. The van der Waals surface area contributed by atoms with Crippen molar-refractivity contribution in [3.05, 3.63) is 45.9 Å². The zero-order valence-electron chi connectivity index (χ0n) is 10.5. The van der Waals surface area contributed by atoms with Gasteiger partial charge in [0.1, 0.15) is 5.75 Å². The Bertz CT molecular complexity index is 495. The fourth-order valence-corrected chi connectivity index (χ4v) is 2.60. The molecule has 1 aromatic heterocycles. The van der Waals surface area contributed by atoms with E-state index >= 15 is 0 Å². The molecular formula is C13H17N3OS. The van der Waals surface area contributed by atoms with Gasteiger partial charge in [0.2, 0.25) is 0 Å². The fourth-order valence-electron chi connectivity index (χ4n) is 1.78. The second-order valence-electron chi connectivity index (χ2n) is 4.08. The van der Waals surface area contributed by atoms with Crippen LogP contribution in [0.15, 0.2) is 29.6 Å². The first kappa shape index (κ1) is 13.0. The number of nitrogens with one attached hydrogen (secondary N) is 1. The Morgan fingerprint density at radius 1 is 1.39 bits per heavy atom. The Morgan fingerprint density at radius 2 is 2.11 bits per heavy atom. The van der Waals surface area contributed by atoms with E-state index in [0.717, 1.165) is 28.4 Å². The van der Waals surface area contributed by atoms with Crippen LogP contribution >= 0.6 is 11.3 Å². The quantitative estimate of drug-likeness (QED) is 0.641. The monoisotopic (exact) mass is 263 g/mol. The first-order valence-corrected chi connectivity index (χ1v) is 6.62. The van der Waals surface area contributed by atoms with E-state index < -0.39 is 0 Å². The van der Waals surface area contributed by atoms with Gasteiger partial charge in [-0.2, -0.15) is 0 Å². The summed E-state index contributed by atoms with van der Waals surface area (Å²) in [6.45, 7) is 2.00. The molecule has 0 aliphatic heterocycles. The zero-order chi connectivity index (χ0) is 13.0. The summed E-state index contributed by atoms with van der Waals surface area (Å²) in [5.41, 5.74) is 5.03. The van der Waals surface area contributed by atoms with Crippen LogP contribution in [0.5, 0.6) is 5.75 Å². The Balaban J connectivity index is 2.12. The van der Waals surface area contributed by atoms with Gasteiger partial charge in [0.05, 0.1) is 18.2 Å². The van der Waals surface area contributed by atoms with E-state index in [4.69, 9.17) is 10.6 Å². The molecule has 2 rings (SSSR count). The highest BCUT2D eigenvalue weighted by Gasteiger charge is 2.12. The van der Waals surface area contributed by atoms with E-state index in [9.17, 15) is 0 Å². The third-order valence-corrected chi connectivity index (χ3v) is 3.75. The first-order chi connectivity index (χ1) is 8.72. The molecule has 0 spiro atoms. The second kappa shape index (κ2) is 5.95. The number of rotatable bonds is 5. The summed E-state index contributed by atoms with van der Waals surface area (Å²) in [7, 11) is 1.66. The molecule has 96 valence electrons. The van der Waals surface area contributed by atoms with Gasteiger partial charge in [-0.3, -0.25) is 11.3 Å². The molecule has 0 saturated heterocycles.